The Morgan fingerprint density at radius 2 is 1.85 bits per heavy atom. The van der Waals surface area contributed by atoms with Gasteiger partial charge in [0.2, 0.25) is 0 Å². The fourth-order valence-corrected chi connectivity index (χ4v) is 3.98. The van der Waals surface area contributed by atoms with E-state index in [0.29, 0.717) is 6.42 Å². The third-order valence-electron chi connectivity index (χ3n) is 4.21. The molecule has 0 spiro atoms. The first kappa shape index (κ1) is 13.7. The van der Waals surface area contributed by atoms with E-state index in [1.54, 1.807) is 11.8 Å². The van der Waals surface area contributed by atoms with Crippen LogP contribution in [-0.4, -0.2) is 5.11 Å². The lowest BCUT2D eigenvalue weighted by Gasteiger charge is -2.33. The molecule has 0 aromatic heterocycles. The standard InChI is InChI=1S/C18H20OS/c1-12(2)18(19)11-14-6-4-5-7-16(14)20-17-9-8-13(3)10-15(17)18/h4-10,12,19H,11H2,1-3H3. The Bertz CT molecular complexity index is 648. The molecule has 2 heteroatoms. The van der Waals surface area contributed by atoms with E-state index in [1.807, 2.05) is 0 Å². The Morgan fingerprint density at radius 3 is 2.60 bits per heavy atom. The predicted molar refractivity (Wildman–Crippen MR) is 84.2 cm³/mol. The molecule has 104 valence electrons. The quantitative estimate of drug-likeness (QED) is 0.829. The fourth-order valence-electron chi connectivity index (χ4n) is 2.84. The van der Waals surface area contributed by atoms with E-state index >= 15 is 0 Å². The molecular formula is C18H20OS. The largest absolute Gasteiger partial charge is 0.385 e. The number of fused-ring (bicyclic) bond motifs is 2. The minimum absolute atomic E-state index is 0.176. The minimum atomic E-state index is -0.791. The van der Waals surface area contributed by atoms with Crippen molar-refractivity contribution in [3.8, 4) is 0 Å². The van der Waals surface area contributed by atoms with Gasteiger partial charge in [0.25, 0.3) is 0 Å². The van der Waals surface area contributed by atoms with Gasteiger partial charge in [0.15, 0.2) is 0 Å². The fraction of sp³-hybridized carbons (Fsp3) is 0.333. The summed E-state index contributed by atoms with van der Waals surface area (Å²) in [5.74, 6) is 0.176. The number of aryl methyl sites for hydroxylation is 1. The maximum Gasteiger partial charge on any atom is 0.0970 e. The van der Waals surface area contributed by atoms with E-state index < -0.39 is 5.60 Å². The minimum Gasteiger partial charge on any atom is -0.385 e. The summed E-state index contributed by atoms with van der Waals surface area (Å²) in [6.45, 7) is 6.29. The number of aliphatic hydroxyl groups is 1. The molecule has 1 aliphatic heterocycles. The van der Waals surface area contributed by atoms with Crippen LogP contribution in [0.1, 0.15) is 30.5 Å². The SMILES string of the molecule is Cc1ccc2c(c1)C(O)(C(C)C)Cc1ccccc1S2. The van der Waals surface area contributed by atoms with Crippen molar-refractivity contribution >= 4 is 11.8 Å². The maximum absolute atomic E-state index is 11.3. The van der Waals surface area contributed by atoms with E-state index in [4.69, 9.17) is 0 Å². The molecule has 1 atom stereocenters. The Balaban J connectivity index is 2.24. The number of hydrogen-bond acceptors (Lipinski definition) is 2. The first-order chi connectivity index (χ1) is 9.50. The summed E-state index contributed by atoms with van der Waals surface area (Å²) < 4.78 is 0. The Labute approximate surface area is 125 Å². The van der Waals surface area contributed by atoms with E-state index in [9.17, 15) is 5.11 Å². The molecule has 0 amide bonds. The summed E-state index contributed by atoms with van der Waals surface area (Å²) in [7, 11) is 0. The zero-order chi connectivity index (χ0) is 14.3. The van der Waals surface area contributed by atoms with Gasteiger partial charge in [-0.3, -0.25) is 0 Å². The van der Waals surface area contributed by atoms with Crippen LogP contribution in [0.3, 0.4) is 0 Å². The average molecular weight is 284 g/mol. The lowest BCUT2D eigenvalue weighted by molar-refractivity contribution is -0.0125. The number of benzene rings is 2. The summed E-state index contributed by atoms with van der Waals surface area (Å²) in [6, 6.07) is 14.8. The van der Waals surface area contributed by atoms with Crippen molar-refractivity contribution in [3.63, 3.8) is 0 Å². The first-order valence-corrected chi connectivity index (χ1v) is 7.91. The Morgan fingerprint density at radius 1 is 1.10 bits per heavy atom. The monoisotopic (exact) mass is 284 g/mol. The molecule has 0 fully saturated rings. The second kappa shape index (κ2) is 4.94. The first-order valence-electron chi connectivity index (χ1n) is 7.10. The molecule has 20 heavy (non-hydrogen) atoms. The molecule has 1 unspecified atom stereocenters. The molecule has 1 heterocycles. The van der Waals surface area contributed by atoms with Crippen molar-refractivity contribution in [2.24, 2.45) is 5.92 Å². The van der Waals surface area contributed by atoms with Gasteiger partial charge in [-0.1, -0.05) is 61.5 Å². The van der Waals surface area contributed by atoms with E-state index in [2.05, 4.69) is 63.2 Å². The molecule has 0 radical (unpaired) electrons. The summed E-state index contributed by atoms with van der Waals surface area (Å²) in [6.07, 6.45) is 0.685. The number of hydrogen-bond donors (Lipinski definition) is 1. The third kappa shape index (κ3) is 2.17. The van der Waals surface area contributed by atoms with Crippen molar-refractivity contribution in [2.75, 3.05) is 0 Å². The highest BCUT2D eigenvalue weighted by Crippen LogP contribution is 2.46. The normalized spacial score (nSPS) is 21.2. The lowest BCUT2D eigenvalue weighted by Crippen LogP contribution is -2.34. The van der Waals surface area contributed by atoms with Crippen molar-refractivity contribution < 1.29 is 5.11 Å². The van der Waals surface area contributed by atoms with Crippen LogP contribution in [0.5, 0.6) is 0 Å². The van der Waals surface area contributed by atoms with Gasteiger partial charge in [0, 0.05) is 16.2 Å². The van der Waals surface area contributed by atoms with Crippen LogP contribution in [0, 0.1) is 12.8 Å². The van der Waals surface area contributed by atoms with Gasteiger partial charge in [-0.2, -0.15) is 0 Å². The molecular weight excluding hydrogens is 264 g/mol. The van der Waals surface area contributed by atoms with E-state index in [-0.39, 0.29) is 5.92 Å². The van der Waals surface area contributed by atoms with Gasteiger partial charge in [-0.15, -0.1) is 0 Å². The van der Waals surface area contributed by atoms with Crippen molar-refractivity contribution in [1.29, 1.82) is 0 Å². The Kier molecular flexibility index (Phi) is 3.39. The predicted octanol–water partition coefficient (Wildman–Crippen LogP) is 4.55. The van der Waals surface area contributed by atoms with Crippen LogP contribution in [0.15, 0.2) is 52.3 Å². The van der Waals surface area contributed by atoms with Crippen molar-refractivity contribution in [2.45, 2.75) is 42.6 Å². The summed E-state index contributed by atoms with van der Waals surface area (Å²) in [5.41, 5.74) is 2.73. The second-order valence-electron chi connectivity index (χ2n) is 5.97. The van der Waals surface area contributed by atoms with Gasteiger partial charge in [0.05, 0.1) is 5.60 Å². The highest BCUT2D eigenvalue weighted by atomic mass is 32.2. The molecule has 0 saturated carbocycles. The maximum atomic E-state index is 11.3. The van der Waals surface area contributed by atoms with Crippen LogP contribution in [0.25, 0.3) is 0 Å². The average Bonchev–Trinajstić information content (AvgIpc) is 2.54. The van der Waals surface area contributed by atoms with Gasteiger partial charge < -0.3 is 5.11 Å². The zero-order valence-corrected chi connectivity index (χ0v) is 13.0. The lowest BCUT2D eigenvalue weighted by atomic mass is 9.78. The molecule has 2 aromatic rings. The van der Waals surface area contributed by atoms with Gasteiger partial charge in [-0.25, -0.2) is 0 Å². The molecule has 3 rings (SSSR count). The number of rotatable bonds is 1. The van der Waals surface area contributed by atoms with Gasteiger partial charge in [-0.05, 0) is 36.1 Å². The highest BCUT2D eigenvalue weighted by Gasteiger charge is 2.38. The van der Waals surface area contributed by atoms with E-state index in [0.717, 1.165) is 5.56 Å². The van der Waals surface area contributed by atoms with Crippen LogP contribution in [0.2, 0.25) is 0 Å². The highest BCUT2D eigenvalue weighted by molar-refractivity contribution is 7.99. The van der Waals surface area contributed by atoms with Crippen LogP contribution >= 0.6 is 11.8 Å². The molecule has 1 N–H and O–H groups in total. The second-order valence-corrected chi connectivity index (χ2v) is 7.05. The van der Waals surface area contributed by atoms with Gasteiger partial charge >= 0.3 is 0 Å². The molecule has 0 aliphatic carbocycles. The zero-order valence-electron chi connectivity index (χ0n) is 12.2. The van der Waals surface area contributed by atoms with Crippen LogP contribution < -0.4 is 0 Å². The Hall–Kier alpha value is -1.25. The summed E-state index contributed by atoms with van der Waals surface area (Å²) in [5, 5.41) is 11.3. The smallest absolute Gasteiger partial charge is 0.0970 e. The topological polar surface area (TPSA) is 20.2 Å². The molecule has 2 aromatic carbocycles. The third-order valence-corrected chi connectivity index (χ3v) is 5.40. The molecule has 1 aliphatic rings. The van der Waals surface area contributed by atoms with Crippen molar-refractivity contribution in [1.82, 2.24) is 0 Å². The summed E-state index contributed by atoms with van der Waals surface area (Å²) >= 11 is 1.77. The van der Waals surface area contributed by atoms with Gasteiger partial charge in [0.1, 0.15) is 0 Å². The molecule has 0 bridgehead atoms. The van der Waals surface area contributed by atoms with E-state index in [1.165, 1.54) is 20.9 Å². The van der Waals surface area contributed by atoms with Crippen LogP contribution in [0.4, 0.5) is 0 Å². The van der Waals surface area contributed by atoms with Crippen molar-refractivity contribution in [3.05, 3.63) is 59.2 Å². The van der Waals surface area contributed by atoms with Crippen LogP contribution in [-0.2, 0) is 12.0 Å². The molecule has 0 saturated heterocycles. The molecule has 1 nitrogen and oxygen atoms in total. The summed E-state index contributed by atoms with van der Waals surface area (Å²) in [4.78, 5) is 2.44.